The van der Waals surface area contributed by atoms with Gasteiger partial charge in [-0.05, 0) is 19.1 Å². The maximum absolute atomic E-state index is 12.1. The second-order valence-corrected chi connectivity index (χ2v) is 5.00. The van der Waals surface area contributed by atoms with Crippen LogP contribution < -0.4 is 14.8 Å². The Morgan fingerprint density at radius 3 is 3.11 bits per heavy atom. The molecule has 92 valence electrons. The summed E-state index contributed by atoms with van der Waals surface area (Å²) in [7, 11) is 0. The van der Waals surface area contributed by atoms with Gasteiger partial charge in [0.25, 0.3) is 5.91 Å². The number of hydrogen-bond acceptors (Lipinski definition) is 5. The predicted molar refractivity (Wildman–Crippen MR) is 67.4 cm³/mol. The van der Waals surface area contributed by atoms with E-state index in [-0.39, 0.29) is 12.7 Å². The van der Waals surface area contributed by atoms with Gasteiger partial charge in [-0.3, -0.25) is 10.1 Å². The van der Waals surface area contributed by atoms with Crippen LogP contribution >= 0.6 is 11.3 Å². The molecule has 0 saturated heterocycles. The van der Waals surface area contributed by atoms with Crippen molar-refractivity contribution in [3.05, 3.63) is 34.8 Å². The fraction of sp³-hybridized carbons (Fsp3) is 0.167. The minimum atomic E-state index is -0.244. The average molecular weight is 262 g/mol. The predicted octanol–water partition coefficient (Wildman–Crippen LogP) is 2.43. The SMILES string of the molecule is Cc1cnc(NC(=O)c2cccc3c2OCO3)s1. The summed E-state index contributed by atoms with van der Waals surface area (Å²) < 4.78 is 10.5. The first-order chi connectivity index (χ1) is 8.74. The lowest BCUT2D eigenvalue weighted by atomic mass is 10.2. The smallest absolute Gasteiger partial charge is 0.261 e. The van der Waals surface area contributed by atoms with Gasteiger partial charge in [0.2, 0.25) is 6.79 Å². The number of nitrogens with zero attached hydrogens (tertiary/aromatic N) is 1. The van der Waals surface area contributed by atoms with Crippen molar-refractivity contribution in [1.82, 2.24) is 4.98 Å². The van der Waals surface area contributed by atoms with Gasteiger partial charge in [0.15, 0.2) is 16.6 Å². The number of fused-ring (bicyclic) bond motifs is 1. The van der Waals surface area contributed by atoms with Crippen LogP contribution in [0.5, 0.6) is 11.5 Å². The third kappa shape index (κ3) is 1.91. The number of thiazole rings is 1. The number of benzene rings is 1. The monoisotopic (exact) mass is 262 g/mol. The number of carbonyl (C=O) groups is 1. The van der Waals surface area contributed by atoms with E-state index < -0.39 is 0 Å². The summed E-state index contributed by atoms with van der Waals surface area (Å²) in [5.74, 6) is 0.841. The van der Waals surface area contributed by atoms with Gasteiger partial charge < -0.3 is 9.47 Å². The second-order valence-electron chi connectivity index (χ2n) is 3.77. The summed E-state index contributed by atoms with van der Waals surface area (Å²) in [4.78, 5) is 17.2. The Morgan fingerprint density at radius 2 is 2.33 bits per heavy atom. The van der Waals surface area contributed by atoms with Crippen LogP contribution in [-0.2, 0) is 0 Å². The molecule has 1 amide bonds. The number of rotatable bonds is 2. The largest absolute Gasteiger partial charge is 0.454 e. The highest BCUT2D eigenvalue weighted by Crippen LogP contribution is 2.35. The van der Waals surface area contributed by atoms with Gasteiger partial charge in [-0.15, -0.1) is 11.3 Å². The van der Waals surface area contributed by atoms with Crippen LogP contribution in [0.15, 0.2) is 24.4 Å². The lowest BCUT2D eigenvalue weighted by Crippen LogP contribution is -2.12. The molecule has 0 saturated carbocycles. The molecule has 1 aromatic carbocycles. The van der Waals surface area contributed by atoms with Crippen molar-refractivity contribution in [2.45, 2.75) is 6.92 Å². The molecule has 2 aromatic rings. The Morgan fingerprint density at radius 1 is 1.44 bits per heavy atom. The first-order valence-corrected chi connectivity index (χ1v) is 6.18. The van der Waals surface area contributed by atoms with E-state index in [9.17, 15) is 4.79 Å². The number of anilines is 1. The molecule has 0 aliphatic carbocycles. The number of ether oxygens (including phenoxy) is 2. The van der Waals surface area contributed by atoms with Crippen molar-refractivity contribution in [3.63, 3.8) is 0 Å². The average Bonchev–Trinajstić information content (AvgIpc) is 2.97. The minimum absolute atomic E-state index is 0.149. The van der Waals surface area contributed by atoms with Crippen LogP contribution in [0.3, 0.4) is 0 Å². The van der Waals surface area contributed by atoms with Crippen molar-refractivity contribution in [2.24, 2.45) is 0 Å². The normalized spacial score (nSPS) is 12.5. The second kappa shape index (κ2) is 4.30. The molecule has 1 aromatic heterocycles. The maximum atomic E-state index is 12.1. The molecule has 0 unspecified atom stereocenters. The van der Waals surface area contributed by atoms with Gasteiger partial charge in [0.1, 0.15) is 0 Å². The van der Waals surface area contributed by atoms with Crippen molar-refractivity contribution in [3.8, 4) is 11.5 Å². The van der Waals surface area contributed by atoms with Crippen molar-refractivity contribution < 1.29 is 14.3 Å². The van der Waals surface area contributed by atoms with E-state index in [4.69, 9.17) is 9.47 Å². The molecule has 0 radical (unpaired) electrons. The van der Waals surface area contributed by atoms with Gasteiger partial charge in [-0.1, -0.05) is 6.07 Å². The number of para-hydroxylation sites is 1. The first-order valence-electron chi connectivity index (χ1n) is 5.36. The molecule has 1 aliphatic rings. The van der Waals surface area contributed by atoms with E-state index in [0.29, 0.717) is 22.2 Å². The van der Waals surface area contributed by atoms with Crippen LogP contribution in [0.2, 0.25) is 0 Å². The zero-order valence-corrected chi connectivity index (χ0v) is 10.4. The Labute approximate surface area is 107 Å². The summed E-state index contributed by atoms with van der Waals surface area (Å²) in [5.41, 5.74) is 0.456. The Kier molecular flexibility index (Phi) is 2.64. The van der Waals surface area contributed by atoms with Crippen molar-refractivity contribution in [1.29, 1.82) is 0 Å². The van der Waals surface area contributed by atoms with Gasteiger partial charge >= 0.3 is 0 Å². The number of aromatic nitrogens is 1. The molecule has 1 aliphatic heterocycles. The van der Waals surface area contributed by atoms with E-state index >= 15 is 0 Å². The molecule has 0 atom stereocenters. The Hall–Kier alpha value is -2.08. The number of nitrogens with one attached hydrogen (secondary N) is 1. The third-order valence-electron chi connectivity index (χ3n) is 2.48. The van der Waals surface area contributed by atoms with E-state index in [1.54, 1.807) is 24.4 Å². The fourth-order valence-electron chi connectivity index (χ4n) is 1.69. The van der Waals surface area contributed by atoms with E-state index in [1.165, 1.54) is 11.3 Å². The number of carbonyl (C=O) groups excluding carboxylic acids is 1. The molecule has 2 heterocycles. The summed E-state index contributed by atoms with van der Waals surface area (Å²) in [6.07, 6.45) is 1.72. The molecule has 5 nitrogen and oxygen atoms in total. The zero-order chi connectivity index (χ0) is 12.5. The standard InChI is InChI=1S/C12H10N2O3S/c1-7-5-13-12(18-7)14-11(15)8-3-2-4-9-10(8)17-6-16-9/h2-5H,6H2,1H3,(H,13,14,15). The minimum Gasteiger partial charge on any atom is -0.454 e. The van der Waals surface area contributed by atoms with Crippen molar-refractivity contribution in [2.75, 3.05) is 12.1 Å². The summed E-state index contributed by atoms with van der Waals surface area (Å²) in [6, 6.07) is 5.23. The number of amides is 1. The zero-order valence-electron chi connectivity index (χ0n) is 9.60. The lowest BCUT2D eigenvalue weighted by molar-refractivity contribution is 0.102. The lowest BCUT2D eigenvalue weighted by Gasteiger charge is -2.04. The molecule has 0 fully saturated rings. The summed E-state index contributed by atoms with van der Waals surface area (Å²) >= 11 is 1.43. The maximum Gasteiger partial charge on any atom is 0.261 e. The quantitative estimate of drug-likeness (QED) is 0.903. The highest BCUT2D eigenvalue weighted by molar-refractivity contribution is 7.15. The fourth-order valence-corrected chi connectivity index (χ4v) is 2.35. The van der Waals surface area contributed by atoms with Crippen LogP contribution in [-0.4, -0.2) is 17.7 Å². The topological polar surface area (TPSA) is 60.5 Å². The van der Waals surface area contributed by atoms with E-state index in [1.807, 2.05) is 6.92 Å². The van der Waals surface area contributed by atoms with Crippen molar-refractivity contribution >= 4 is 22.4 Å². The third-order valence-corrected chi connectivity index (χ3v) is 3.31. The molecular formula is C12H10N2O3S. The highest BCUT2D eigenvalue weighted by atomic mass is 32.1. The molecule has 18 heavy (non-hydrogen) atoms. The molecule has 0 bridgehead atoms. The number of hydrogen-bond donors (Lipinski definition) is 1. The van der Waals surface area contributed by atoms with Crippen LogP contribution in [0.4, 0.5) is 5.13 Å². The molecule has 0 spiro atoms. The summed E-state index contributed by atoms with van der Waals surface area (Å²) in [6.45, 7) is 2.08. The van der Waals surface area contributed by atoms with Gasteiger partial charge in [-0.2, -0.15) is 0 Å². The number of aryl methyl sites for hydroxylation is 1. The van der Waals surface area contributed by atoms with Gasteiger partial charge in [0.05, 0.1) is 5.56 Å². The van der Waals surface area contributed by atoms with Gasteiger partial charge in [-0.25, -0.2) is 4.98 Å². The van der Waals surface area contributed by atoms with Crippen LogP contribution in [0.25, 0.3) is 0 Å². The Bertz CT molecular complexity index is 609. The van der Waals surface area contributed by atoms with E-state index in [2.05, 4.69) is 10.3 Å². The first kappa shape index (κ1) is 11.0. The Balaban J connectivity index is 1.87. The van der Waals surface area contributed by atoms with Crippen LogP contribution in [0.1, 0.15) is 15.2 Å². The molecular weight excluding hydrogens is 252 g/mol. The molecule has 3 rings (SSSR count). The molecule has 1 N–H and O–H groups in total. The van der Waals surface area contributed by atoms with Crippen LogP contribution in [0, 0.1) is 6.92 Å². The van der Waals surface area contributed by atoms with E-state index in [0.717, 1.165) is 4.88 Å². The highest BCUT2D eigenvalue weighted by Gasteiger charge is 2.22. The van der Waals surface area contributed by atoms with Gasteiger partial charge in [0, 0.05) is 11.1 Å². The summed E-state index contributed by atoms with van der Waals surface area (Å²) in [5, 5.41) is 3.32. The molecule has 6 heteroatoms.